The van der Waals surface area contributed by atoms with E-state index in [1.165, 1.54) is 11.8 Å². The van der Waals surface area contributed by atoms with E-state index >= 15 is 0 Å². The molecule has 0 saturated carbocycles. The lowest BCUT2D eigenvalue weighted by atomic mass is 10.1. The molecule has 170 valence electrons. The standard InChI is InChI=1S/C25H25N2O4PS/c1-3-30-32(29,31-4-2)17-18-10-13-22(14-11-18)26-25-27-24(28)23(33-25)16-19-9-12-20-7-5-6-8-21(20)15-19/h5-16H,3-4,17H2,1-2H3,(H,26,27,28)/b23-16+. The van der Waals surface area contributed by atoms with Gasteiger partial charge in [-0.3, -0.25) is 9.36 Å². The molecule has 0 unspecified atom stereocenters. The highest BCUT2D eigenvalue weighted by atomic mass is 32.2. The fraction of sp³-hybridized carbons (Fsp3) is 0.200. The summed E-state index contributed by atoms with van der Waals surface area (Å²) in [7, 11) is -3.16. The molecule has 1 saturated heterocycles. The molecule has 1 aliphatic heterocycles. The maximum absolute atomic E-state index is 12.7. The highest BCUT2D eigenvalue weighted by molar-refractivity contribution is 8.18. The van der Waals surface area contributed by atoms with Gasteiger partial charge in [0.2, 0.25) is 0 Å². The third kappa shape index (κ3) is 6.01. The van der Waals surface area contributed by atoms with Crippen molar-refractivity contribution < 1.29 is 18.4 Å². The number of amides is 1. The third-order valence-corrected chi connectivity index (χ3v) is 7.88. The van der Waals surface area contributed by atoms with Gasteiger partial charge < -0.3 is 14.4 Å². The summed E-state index contributed by atoms with van der Waals surface area (Å²) in [6.07, 6.45) is 2.08. The number of fused-ring (bicyclic) bond motifs is 1. The minimum absolute atomic E-state index is 0.169. The fourth-order valence-corrected chi connectivity index (χ4v) is 6.01. The monoisotopic (exact) mass is 480 g/mol. The lowest BCUT2D eigenvalue weighted by molar-refractivity contribution is -0.115. The first kappa shape index (κ1) is 23.5. The topological polar surface area (TPSA) is 77.0 Å². The Morgan fingerprint density at radius 1 is 0.970 bits per heavy atom. The maximum atomic E-state index is 12.7. The Balaban J connectivity index is 1.47. The van der Waals surface area contributed by atoms with Crippen LogP contribution in [0.3, 0.4) is 0 Å². The van der Waals surface area contributed by atoms with Gasteiger partial charge in [-0.25, -0.2) is 4.99 Å². The fourth-order valence-electron chi connectivity index (χ4n) is 3.47. The summed E-state index contributed by atoms with van der Waals surface area (Å²) in [5.41, 5.74) is 2.49. The van der Waals surface area contributed by atoms with Crippen LogP contribution in [-0.4, -0.2) is 24.3 Å². The first-order valence-electron chi connectivity index (χ1n) is 10.7. The molecule has 0 bridgehead atoms. The Labute approximate surface area is 197 Å². The first-order valence-corrected chi connectivity index (χ1v) is 13.3. The van der Waals surface area contributed by atoms with Crippen molar-refractivity contribution in [3.05, 3.63) is 82.8 Å². The van der Waals surface area contributed by atoms with E-state index in [2.05, 4.69) is 28.5 Å². The molecule has 0 spiro atoms. The van der Waals surface area contributed by atoms with Crippen LogP contribution >= 0.6 is 19.4 Å². The zero-order chi connectivity index (χ0) is 23.3. The summed E-state index contributed by atoms with van der Waals surface area (Å²) in [5.74, 6) is -0.169. The van der Waals surface area contributed by atoms with E-state index in [1.807, 2.05) is 54.6 Å². The Kier molecular flexibility index (Phi) is 7.46. The zero-order valence-electron chi connectivity index (χ0n) is 18.5. The van der Waals surface area contributed by atoms with E-state index in [0.717, 1.165) is 21.9 Å². The molecule has 1 heterocycles. The molecule has 1 aliphatic rings. The number of thioether (sulfide) groups is 1. The third-order valence-electron chi connectivity index (χ3n) is 4.92. The molecule has 0 aromatic heterocycles. The van der Waals surface area contributed by atoms with Crippen molar-refractivity contribution in [1.82, 2.24) is 5.32 Å². The Hall–Kier alpha value is -2.70. The molecule has 0 radical (unpaired) electrons. The predicted molar refractivity (Wildman–Crippen MR) is 136 cm³/mol. The number of benzene rings is 3. The number of hydrogen-bond donors (Lipinski definition) is 1. The quantitative estimate of drug-likeness (QED) is 0.294. The van der Waals surface area contributed by atoms with E-state index in [9.17, 15) is 9.36 Å². The molecule has 1 N–H and O–H groups in total. The lowest BCUT2D eigenvalue weighted by Crippen LogP contribution is -2.19. The summed E-state index contributed by atoms with van der Waals surface area (Å²) < 4.78 is 23.4. The van der Waals surface area contributed by atoms with Crippen LogP contribution in [0.5, 0.6) is 0 Å². The molecule has 0 aliphatic carbocycles. The van der Waals surface area contributed by atoms with E-state index in [-0.39, 0.29) is 12.1 Å². The van der Waals surface area contributed by atoms with Crippen molar-refractivity contribution in [2.75, 3.05) is 13.2 Å². The summed E-state index contributed by atoms with van der Waals surface area (Å²) in [6, 6.07) is 21.6. The lowest BCUT2D eigenvalue weighted by Gasteiger charge is -2.16. The number of nitrogens with one attached hydrogen (secondary N) is 1. The molecule has 6 nitrogen and oxygen atoms in total. The van der Waals surface area contributed by atoms with Gasteiger partial charge in [-0.2, -0.15) is 0 Å². The Bertz CT molecular complexity index is 1260. The van der Waals surface area contributed by atoms with E-state index < -0.39 is 7.60 Å². The normalized spacial score (nSPS) is 16.6. The molecule has 4 rings (SSSR count). The number of carbonyl (C=O) groups excluding carboxylic acids is 1. The van der Waals surface area contributed by atoms with Crippen molar-refractivity contribution in [3.63, 3.8) is 0 Å². The summed E-state index contributed by atoms with van der Waals surface area (Å²) >= 11 is 1.31. The van der Waals surface area contributed by atoms with Gasteiger partial charge in [0.15, 0.2) is 5.17 Å². The van der Waals surface area contributed by atoms with Crippen LogP contribution in [0.2, 0.25) is 0 Å². The summed E-state index contributed by atoms with van der Waals surface area (Å²) in [4.78, 5) is 17.6. The van der Waals surface area contributed by atoms with Crippen LogP contribution in [0.15, 0.2) is 76.6 Å². The second-order valence-electron chi connectivity index (χ2n) is 7.36. The smallest absolute Gasteiger partial charge is 0.309 e. The molecular weight excluding hydrogens is 455 g/mol. The zero-order valence-corrected chi connectivity index (χ0v) is 20.2. The van der Waals surface area contributed by atoms with Gasteiger partial charge in [0, 0.05) is 0 Å². The second kappa shape index (κ2) is 10.5. The van der Waals surface area contributed by atoms with Crippen LogP contribution < -0.4 is 5.32 Å². The maximum Gasteiger partial charge on any atom is 0.335 e. The predicted octanol–water partition coefficient (Wildman–Crippen LogP) is 6.50. The van der Waals surface area contributed by atoms with Crippen molar-refractivity contribution in [3.8, 4) is 0 Å². The first-order chi connectivity index (χ1) is 16.0. The van der Waals surface area contributed by atoms with Crippen LogP contribution in [-0.2, 0) is 24.6 Å². The van der Waals surface area contributed by atoms with Gasteiger partial charge in [-0.15, -0.1) is 0 Å². The second-order valence-corrected chi connectivity index (χ2v) is 10.4. The van der Waals surface area contributed by atoms with Crippen molar-refractivity contribution in [1.29, 1.82) is 0 Å². The molecule has 3 aromatic carbocycles. The summed E-state index contributed by atoms with van der Waals surface area (Å²) in [6.45, 7) is 4.24. The van der Waals surface area contributed by atoms with Crippen LogP contribution in [0.4, 0.5) is 5.69 Å². The average molecular weight is 481 g/mol. The molecule has 3 aromatic rings. The number of amidine groups is 1. The van der Waals surface area contributed by atoms with E-state index in [4.69, 9.17) is 9.05 Å². The van der Waals surface area contributed by atoms with Gasteiger partial charge in [-0.1, -0.05) is 48.5 Å². The largest absolute Gasteiger partial charge is 0.335 e. The average Bonchev–Trinajstić information content (AvgIpc) is 3.13. The van der Waals surface area contributed by atoms with Crippen LogP contribution in [0.1, 0.15) is 25.0 Å². The number of nitrogens with zero attached hydrogens (tertiary/aromatic N) is 1. The summed E-state index contributed by atoms with van der Waals surface area (Å²) in [5, 5.41) is 5.63. The van der Waals surface area contributed by atoms with E-state index in [1.54, 1.807) is 13.8 Å². The van der Waals surface area contributed by atoms with Gasteiger partial charge in [0.1, 0.15) is 0 Å². The number of aliphatic imine (C=N–C) groups is 1. The molecule has 0 atom stereocenters. The SMILES string of the molecule is CCOP(=O)(Cc1ccc(N=C2NC(=O)/C(=C\c3ccc4ccccc4c3)S2)cc1)OCC. The minimum Gasteiger partial charge on any atom is -0.309 e. The van der Waals surface area contributed by atoms with Crippen LogP contribution in [0, 0.1) is 0 Å². The van der Waals surface area contributed by atoms with Crippen molar-refractivity contribution in [2.24, 2.45) is 4.99 Å². The number of rotatable bonds is 8. The Morgan fingerprint density at radius 3 is 2.36 bits per heavy atom. The highest BCUT2D eigenvalue weighted by Gasteiger charge is 2.25. The van der Waals surface area contributed by atoms with Gasteiger partial charge >= 0.3 is 7.60 Å². The van der Waals surface area contributed by atoms with Crippen molar-refractivity contribution in [2.45, 2.75) is 20.0 Å². The molecule has 8 heteroatoms. The van der Waals surface area contributed by atoms with Gasteiger partial charge in [0.25, 0.3) is 5.91 Å². The molecule has 1 amide bonds. The Morgan fingerprint density at radius 2 is 1.67 bits per heavy atom. The van der Waals surface area contributed by atoms with Crippen LogP contribution in [0.25, 0.3) is 16.8 Å². The molecule has 33 heavy (non-hydrogen) atoms. The highest BCUT2D eigenvalue weighted by Crippen LogP contribution is 2.51. The number of carbonyl (C=O) groups is 1. The minimum atomic E-state index is -3.16. The molecule has 1 fully saturated rings. The molecular formula is C25H25N2O4PS. The van der Waals surface area contributed by atoms with Gasteiger partial charge in [-0.05, 0) is 71.8 Å². The van der Waals surface area contributed by atoms with E-state index in [0.29, 0.717) is 29.0 Å². The van der Waals surface area contributed by atoms with Gasteiger partial charge in [0.05, 0.1) is 30.0 Å². The number of hydrogen-bond acceptors (Lipinski definition) is 6. The van der Waals surface area contributed by atoms with Crippen molar-refractivity contribution >= 4 is 53.0 Å².